The van der Waals surface area contributed by atoms with Crippen LogP contribution in [0, 0.1) is 0 Å². The lowest BCUT2D eigenvalue weighted by molar-refractivity contribution is -0.134. The van der Waals surface area contributed by atoms with Gasteiger partial charge in [0.2, 0.25) is 0 Å². The maximum absolute atomic E-state index is 12.3. The molecule has 0 bridgehead atoms. The Kier molecular flexibility index (Phi) is 6.14. The number of esters is 1. The number of aromatic nitrogens is 1. The van der Waals surface area contributed by atoms with Gasteiger partial charge in [-0.2, -0.15) is 5.10 Å². The number of hydrogen-bond donors (Lipinski definition) is 1. The number of carbonyl (C=O) groups excluding carboxylic acids is 2. The molecular weight excluding hydrogens is 400 g/mol. The molecule has 0 spiro atoms. The van der Waals surface area contributed by atoms with E-state index in [1.54, 1.807) is 5.38 Å². The van der Waals surface area contributed by atoms with Crippen molar-refractivity contribution in [2.75, 3.05) is 18.5 Å². The SMILES string of the molecule is O=C(OCC(=O)N1CCC(c2ccccc2)=N1)c1csc(NCc2ccccc2)n1. The number of thiazole rings is 1. The highest BCUT2D eigenvalue weighted by atomic mass is 32.1. The van der Waals surface area contributed by atoms with Crippen LogP contribution in [-0.2, 0) is 16.1 Å². The molecule has 1 aliphatic rings. The monoisotopic (exact) mass is 420 g/mol. The first-order chi connectivity index (χ1) is 14.7. The molecule has 1 aromatic heterocycles. The van der Waals surface area contributed by atoms with Crippen molar-refractivity contribution in [1.82, 2.24) is 9.99 Å². The van der Waals surface area contributed by atoms with Crippen LogP contribution in [0.1, 0.15) is 28.0 Å². The van der Waals surface area contributed by atoms with Crippen molar-refractivity contribution in [1.29, 1.82) is 0 Å². The Bertz CT molecular complexity index is 1050. The van der Waals surface area contributed by atoms with Crippen LogP contribution in [-0.4, -0.2) is 40.7 Å². The molecule has 2 aromatic carbocycles. The van der Waals surface area contributed by atoms with Crippen molar-refractivity contribution in [2.45, 2.75) is 13.0 Å². The maximum Gasteiger partial charge on any atom is 0.358 e. The molecule has 30 heavy (non-hydrogen) atoms. The topological polar surface area (TPSA) is 83.9 Å². The van der Waals surface area contributed by atoms with Gasteiger partial charge in [-0.05, 0) is 11.1 Å². The Labute approximate surface area is 178 Å². The van der Waals surface area contributed by atoms with Crippen LogP contribution >= 0.6 is 11.3 Å². The molecule has 2 heterocycles. The van der Waals surface area contributed by atoms with E-state index >= 15 is 0 Å². The standard InChI is InChI=1S/C22H20N4O3S/c27-20(26-12-11-18(25-26)17-9-5-2-6-10-17)14-29-21(28)19-15-30-22(24-19)23-13-16-7-3-1-4-8-16/h1-10,15H,11-14H2,(H,23,24). The Morgan fingerprint density at radius 3 is 2.57 bits per heavy atom. The molecule has 7 nitrogen and oxygen atoms in total. The number of nitrogens with zero attached hydrogens (tertiary/aromatic N) is 3. The smallest absolute Gasteiger partial charge is 0.358 e. The van der Waals surface area contributed by atoms with E-state index in [0.29, 0.717) is 24.6 Å². The predicted molar refractivity (Wildman–Crippen MR) is 115 cm³/mol. The molecule has 0 unspecified atom stereocenters. The summed E-state index contributed by atoms with van der Waals surface area (Å²) < 4.78 is 5.14. The molecule has 1 aliphatic heterocycles. The van der Waals surface area contributed by atoms with Gasteiger partial charge in [0.1, 0.15) is 0 Å². The first-order valence-electron chi connectivity index (χ1n) is 9.53. The molecular formula is C22H20N4O3S. The number of anilines is 1. The van der Waals surface area contributed by atoms with E-state index < -0.39 is 5.97 Å². The Hall–Kier alpha value is -3.52. The lowest BCUT2D eigenvalue weighted by Crippen LogP contribution is -2.28. The third kappa shape index (κ3) is 4.90. The molecule has 1 N–H and O–H groups in total. The Balaban J connectivity index is 1.27. The summed E-state index contributed by atoms with van der Waals surface area (Å²) in [5.41, 5.74) is 3.13. The van der Waals surface area contributed by atoms with Crippen LogP contribution in [0.3, 0.4) is 0 Å². The van der Waals surface area contributed by atoms with E-state index in [1.807, 2.05) is 60.7 Å². The second-order valence-electron chi connectivity index (χ2n) is 6.63. The summed E-state index contributed by atoms with van der Waals surface area (Å²) in [6.45, 7) is 0.720. The summed E-state index contributed by atoms with van der Waals surface area (Å²) in [6, 6.07) is 19.6. The van der Waals surface area contributed by atoms with Gasteiger partial charge in [0, 0.05) is 18.3 Å². The summed E-state index contributed by atoms with van der Waals surface area (Å²) in [5, 5.41) is 11.1. The van der Waals surface area contributed by atoms with Crippen LogP contribution in [0.15, 0.2) is 71.1 Å². The third-order valence-corrected chi connectivity index (χ3v) is 5.32. The Morgan fingerprint density at radius 1 is 1.07 bits per heavy atom. The van der Waals surface area contributed by atoms with Crippen molar-refractivity contribution in [3.05, 3.63) is 82.9 Å². The van der Waals surface area contributed by atoms with E-state index in [1.165, 1.54) is 16.3 Å². The van der Waals surface area contributed by atoms with Crippen molar-refractivity contribution in [3.8, 4) is 0 Å². The number of amides is 1. The molecule has 3 aromatic rings. The predicted octanol–water partition coefficient (Wildman–Crippen LogP) is 3.55. The van der Waals surface area contributed by atoms with Gasteiger partial charge in [-0.1, -0.05) is 60.7 Å². The molecule has 1 amide bonds. The third-order valence-electron chi connectivity index (χ3n) is 4.52. The molecule has 0 fully saturated rings. The summed E-state index contributed by atoms with van der Waals surface area (Å²) in [4.78, 5) is 28.8. The van der Waals surface area contributed by atoms with Gasteiger partial charge in [0.05, 0.1) is 12.3 Å². The zero-order chi connectivity index (χ0) is 20.8. The lowest BCUT2D eigenvalue weighted by atomic mass is 10.1. The molecule has 4 rings (SSSR count). The minimum absolute atomic E-state index is 0.179. The fourth-order valence-corrected chi connectivity index (χ4v) is 3.65. The minimum atomic E-state index is -0.626. The fourth-order valence-electron chi connectivity index (χ4n) is 2.97. The number of hydrogen-bond acceptors (Lipinski definition) is 7. The van der Waals surface area contributed by atoms with Crippen LogP contribution in [0.25, 0.3) is 0 Å². The van der Waals surface area contributed by atoms with Gasteiger partial charge in [0.15, 0.2) is 17.4 Å². The summed E-state index contributed by atoms with van der Waals surface area (Å²) in [7, 11) is 0. The zero-order valence-corrected chi connectivity index (χ0v) is 17.0. The molecule has 0 radical (unpaired) electrons. The van der Waals surface area contributed by atoms with E-state index in [9.17, 15) is 9.59 Å². The highest BCUT2D eigenvalue weighted by Gasteiger charge is 2.23. The van der Waals surface area contributed by atoms with E-state index in [4.69, 9.17) is 4.74 Å². The van der Waals surface area contributed by atoms with Crippen molar-refractivity contribution < 1.29 is 14.3 Å². The van der Waals surface area contributed by atoms with Gasteiger partial charge in [0.25, 0.3) is 5.91 Å². The van der Waals surface area contributed by atoms with E-state index in [2.05, 4.69) is 15.4 Å². The van der Waals surface area contributed by atoms with Gasteiger partial charge in [-0.3, -0.25) is 4.79 Å². The van der Waals surface area contributed by atoms with Gasteiger partial charge >= 0.3 is 5.97 Å². The number of rotatable bonds is 7. The first kappa shape index (κ1) is 19.8. The highest BCUT2D eigenvalue weighted by molar-refractivity contribution is 7.13. The van der Waals surface area contributed by atoms with Crippen LogP contribution in [0.2, 0.25) is 0 Å². The fraction of sp³-hybridized carbons (Fsp3) is 0.182. The van der Waals surface area contributed by atoms with Crippen molar-refractivity contribution in [3.63, 3.8) is 0 Å². The summed E-state index contributed by atoms with van der Waals surface area (Å²) in [6.07, 6.45) is 0.673. The number of ether oxygens (including phenoxy) is 1. The maximum atomic E-state index is 12.3. The van der Waals surface area contributed by atoms with Crippen LogP contribution < -0.4 is 5.32 Å². The molecule has 0 aliphatic carbocycles. The first-order valence-corrected chi connectivity index (χ1v) is 10.4. The summed E-state index contributed by atoms with van der Waals surface area (Å²) >= 11 is 1.31. The van der Waals surface area contributed by atoms with E-state index in [-0.39, 0.29) is 18.2 Å². The average Bonchev–Trinajstić information content (AvgIpc) is 3.47. The molecule has 8 heteroatoms. The zero-order valence-electron chi connectivity index (χ0n) is 16.2. The second kappa shape index (κ2) is 9.32. The minimum Gasteiger partial charge on any atom is -0.451 e. The Morgan fingerprint density at radius 2 is 1.80 bits per heavy atom. The van der Waals surface area contributed by atoms with Gasteiger partial charge < -0.3 is 10.1 Å². The number of hydrazone groups is 1. The number of nitrogens with one attached hydrogen (secondary N) is 1. The van der Waals surface area contributed by atoms with Gasteiger partial charge in [-0.15, -0.1) is 11.3 Å². The van der Waals surface area contributed by atoms with Crippen molar-refractivity contribution in [2.24, 2.45) is 5.10 Å². The molecule has 0 saturated heterocycles. The molecule has 152 valence electrons. The highest BCUT2D eigenvalue weighted by Crippen LogP contribution is 2.18. The van der Waals surface area contributed by atoms with Crippen LogP contribution in [0.4, 0.5) is 5.13 Å². The second-order valence-corrected chi connectivity index (χ2v) is 7.49. The van der Waals surface area contributed by atoms with Gasteiger partial charge in [-0.25, -0.2) is 14.8 Å². The molecule has 0 saturated carbocycles. The van der Waals surface area contributed by atoms with E-state index in [0.717, 1.165) is 16.8 Å². The van der Waals surface area contributed by atoms with Crippen LogP contribution in [0.5, 0.6) is 0 Å². The number of carbonyl (C=O) groups is 2. The molecule has 0 atom stereocenters. The largest absolute Gasteiger partial charge is 0.451 e. The average molecular weight is 420 g/mol. The number of benzene rings is 2. The lowest BCUT2D eigenvalue weighted by Gasteiger charge is -2.11. The van der Waals surface area contributed by atoms with Crippen molar-refractivity contribution >= 4 is 34.1 Å². The quantitative estimate of drug-likeness (QED) is 0.591. The summed E-state index contributed by atoms with van der Waals surface area (Å²) in [5.74, 6) is -0.981. The normalized spacial score (nSPS) is 13.1.